The summed E-state index contributed by atoms with van der Waals surface area (Å²) in [5.41, 5.74) is 3.19. The number of nitrogens with one attached hydrogen (secondary N) is 2. The maximum Gasteiger partial charge on any atom is 0.416 e. The lowest BCUT2D eigenvalue weighted by atomic mass is 9.72. The van der Waals surface area contributed by atoms with Crippen LogP contribution in [0.2, 0.25) is 5.02 Å². The molecule has 0 spiro atoms. The molecule has 0 aromatic heterocycles. The Kier molecular flexibility index (Phi) is 5.99. The van der Waals surface area contributed by atoms with Gasteiger partial charge in [0, 0.05) is 5.71 Å². The van der Waals surface area contributed by atoms with Crippen LogP contribution in [0.1, 0.15) is 45.6 Å². The first-order valence-corrected chi connectivity index (χ1v) is 8.74. The summed E-state index contributed by atoms with van der Waals surface area (Å²) < 4.78 is 38.4. The number of nitrogens with zero attached hydrogens (tertiary/aromatic N) is 1. The van der Waals surface area contributed by atoms with Crippen LogP contribution in [0.15, 0.2) is 23.3 Å². The Labute approximate surface area is 156 Å². The van der Waals surface area contributed by atoms with Gasteiger partial charge in [0.2, 0.25) is 0 Å². The largest absolute Gasteiger partial charge is 0.416 e. The number of hydrazone groups is 1. The number of benzene rings is 1. The average molecular weight is 392 g/mol. The molecule has 1 aliphatic rings. The van der Waals surface area contributed by atoms with Gasteiger partial charge < -0.3 is 5.32 Å². The highest BCUT2D eigenvalue weighted by Crippen LogP contribution is 2.37. The van der Waals surface area contributed by atoms with E-state index in [-0.39, 0.29) is 21.2 Å². The zero-order valence-electron chi connectivity index (χ0n) is 14.3. The fourth-order valence-electron chi connectivity index (χ4n) is 3.28. The fraction of sp³-hybridized carbons (Fsp3) is 0.529. The van der Waals surface area contributed by atoms with Crippen LogP contribution in [-0.4, -0.2) is 10.8 Å². The Morgan fingerprint density at radius 2 is 2.04 bits per heavy atom. The highest BCUT2D eigenvalue weighted by molar-refractivity contribution is 7.80. The van der Waals surface area contributed by atoms with Gasteiger partial charge >= 0.3 is 6.18 Å². The van der Waals surface area contributed by atoms with Crippen molar-refractivity contribution >= 4 is 40.3 Å². The summed E-state index contributed by atoms with van der Waals surface area (Å²) in [4.78, 5) is 0. The van der Waals surface area contributed by atoms with E-state index in [4.69, 9.17) is 23.8 Å². The molecule has 0 amide bonds. The molecular formula is C17H21ClF3N3S. The van der Waals surface area contributed by atoms with Gasteiger partial charge in [-0.05, 0) is 61.0 Å². The maximum absolute atomic E-state index is 12.8. The van der Waals surface area contributed by atoms with Crippen molar-refractivity contribution < 1.29 is 13.2 Å². The van der Waals surface area contributed by atoms with Crippen LogP contribution in [0.25, 0.3) is 0 Å². The van der Waals surface area contributed by atoms with Crippen LogP contribution < -0.4 is 10.7 Å². The molecule has 1 aromatic carbocycles. The van der Waals surface area contributed by atoms with E-state index in [1.807, 2.05) is 0 Å². The molecule has 1 atom stereocenters. The number of hydrogen-bond donors (Lipinski definition) is 2. The van der Waals surface area contributed by atoms with Crippen molar-refractivity contribution in [2.24, 2.45) is 16.4 Å². The molecule has 138 valence electrons. The highest BCUT2D eigenvalue weighted by atomic mass is 35.5. The van der Waals surface area contributed by atoms with E-state index in [9.17, 15) is 13.2 Å². The number of thiocarbonyl (C=S) groups is 1. The molecule has 1 saturated carbocycles. The molecule has 0 bridgehead atoms. The minimum Gasteiger partial charge on any atom is -0.330 e. The Morgan fingerprint density at radius 1 is 1.36 bits per heavy atom. The lowest BCUT2D eigenvalue weighted by Crippen LogP contribution is -2.31. The van der Waals surface area contributed by atoms with E-state index in [0.717, 1.165) is 37.1 Å². The van der Waals surface area contributed by atoms with Gasteiger partial charge in [-0.3, -0.25) is 5.43 Å². The Balaban J connectivity index is 2.04. The molecule has 0 saturated heterocycles. The van der Waals surface area contributed by atoms with E-state index >= 15 is 0 Å². The number of rotatable bonds is 2. The molecule has 1 aromatic rings. The Bertz CT molecular complexity index is 686. The number of halogens is 4. The van der Waals surface area contributed by atoms with Gasteiger partial charge in [0.15, 0.2) is 5.11 Å². The molecular weight excluding hydrogens is 371 g/mol. The van der Waals surface area contributed by atoms with Gasteiger partial charge in [-0.1, -0.05) is 32.4 Å². The second-order valence-electron chi connectivity index (χ2n) is 7.29. The van der Waals surface area contributed by atoms with Crippen LogP contribution in [0.3, 0.4) is 0 Å². The molecule has 1 aliphatic carbocycles. The zero-order valence-corrected chi connectivity index (χ0v) is 15.9. The monoisotopic (exact) mass is 391 g/mol. The summed E-state index contributed by atoms with van der Waals surface area (Å²) in [6, 6.07) is 3.04. The predicted molar refractivity (Wildman–Crippen MR) is 100 cm³/mol. The summed E-state index contributed by atoms with van der Waals surface area (Å²) in [7, 11) is 0. The lowest BCUT2D eigenvalue weighted by molar-refractivity contribution is -0.137. The average Bonchev–Trinajstić information content (AvgIpc) is 2.44. The van der Waals surface area contributed by atoms with Crippen LogP contribution in [-0.2, 0) is 6.18 Å². The summed E-state index contributed by atoms with van der Waals surface area (Å²) >= 11 is 11.1. The van der Waals surface area contributed by atoms with Gasteiger partial charge in [-0.2, -0.15) is 18.3 Å². The predicted octanol–water partition coefficient (Wildman–Crippen LogP) is 5.85. The molecule has 0 radical (unpaired) electrons. The fourth-order valence-corrected chi connectivity index (χ4v) is 3.60. The van der Waals surface area contributed by atoms with Crippen molar-refractivity contribution in [1.82, 2.24) is 5.43 Å². The summed E-state index contributed by atoms with van der Waals surface area (Å²) in [5.74, 6) is 0.531. The minimum atomic E-state index is -4.44. The third kappa shape index (κ3) is 5.85. The van der Waals surface area contributed by atoms with Crippen LogP contribution in [0.5, 0.6) is 0 Å². The van der Waals surface area contributed by atoms with Crippen LogP contribution in [0, 0.1) is 11.3 Å². The molecule has 1 fully saturated rings. The smallest absolute Gasteiger partial charge is 0.330 e. The summed E-state index contributed by atoms with van der Waals surface area (Å²) in [6.07, 6.45) is -1.57. The van der Waals surface area contributed by atoms with Gasteiger partial charge in [-0.25, -0.2) is 0 Å². The van der Waals surface area contributed by atoms with Gasteiger partial charge in [0.1, 0.15) is 0 Å². The van der Waals surface area contributed by atoms with E-state index < -0.39 is 11.7 Å². The van der Waals surface area contributed by atoms with Crippen molar-refractivity contribution in [1.29, 1.82) is 0 Å². The SMILES string of the molecule is C[C@@H]1C/C(=N\NC(=S)Nc2cc(C(F)(F)F)ccc2Cl)CC(C)(C)C1. The zero-order chi connectivity index (χ0) is 18.8. The van der Waals surface area contributed by atoms with Crippen molar-refractivity contribution in [2.45, 2.75) is 46.2 Å². The van der Waals surface area contributed by atoms with Gasteiger partial charge in [0.05, 0.1) is 16.3 Å². The molecule has 3 nitrogen and oxygen atoms in total. The summed E-state index contributed by atoms with van der Waals surface area (Å²) in [6.45, 7) is 6.56. The molecule has 2 rings (SSSR count). The Hall–Kier alpha value is -1.34. The molecule has 25 heavy (non-hydrogen) atoms. The number of anilines is 1. The number of hydrogen-bond acceptors (Lipinski definition) is 2. The van der Waals surface area contributed by atoms with Crippen molar-refractivity contribution in [2.75, 3.05) is 5.32 Å². The van der Waals surface area contributed by atoms with Gasteiger partial charge in [0.25, 0.3) is 0 Å². The lowest BCUT2D eigenvalue weighted by Gasteiger charge is -2.34. The van der Waals surface area contributed by atoms with E-state index in [1.54, 1.807) is 0 Å². The maximum atomic E-state index is 12.8. The second kappa shape index (κ2) is 7.50. The third-order valence-corrected chi connectivity index (χ3v) is 4.55. The van der Waals surface area contributed by atoms with Crippen LogP contribution >= 0.6 is 23.8 Å². The highest BCUT2D eigenvalue weighted by Gasteiger charge is 2.31. The first-order chi connectivity index (χ1) is 11.5. The van der Waals surface area contributed by atoms with Crippen LogP contribution in [0.4, 0.5) is 18.9 Å². The van der Waals surface area contributed by atoms with E-state index in [2.05, 4.69) is 36.6 Å². The summed E-state index contributed by atoms with van der Waals surface area (Å²) in [5, 5.41) is 7.25. The van der Waals surface area contributed by atoms with E-state index in [0.29, 0.717) is 5.92 Å². The normalized spacial score (nSPS) is 21.9. The van der Waals surface area contributed by atoms with E-state index in [1.165, 1.54) is 6.07 Å². The van der Waals surface area contributed by atoms with Gasteiger partial charge in [-0.15, -0.1) is 0 Å². The molecule has 0 heterocycles. The minimum absolute atomic E-state index is 0.0894. The Morgan fingerprint density at radius 3 is 2.64 bits per heavy atom. The third-order valence-electron chi connectivity index (χ3n) is 4.03. The van der Waals surface area contributed by atoms with Crippen molar-refractivity contribution in [3.05, 3.63) is 28.8 Å². The standard InChI is InChI=1S/C17H21ClF3N3S/c1-10-6-12(9-16(2,3)8-10)23-24-15(25)22-14-7-11(17(19,20)21)4-5-13(14)18/h4-5,7,10H,6,8-9H2,1-3H3,(H2,22,24,25)/b23-12+/t10-/m1/s1. The van der Waals surface area contributed by atoms with Crippen molar-refractivity contribution in [3.8, 4) is 0 Å². The first-order valence-electron chi connectivity index (χ1n) is 7.95. The topological polar surface area (TPSA) is 36.4 Å². The second-order valence-corrected chi connectivity index (χ2v) is 8.11. The quantitative estimate of drug-likeness (QED) is 0.490. The molecule has 0 aliphatic heterocycles. The molecule has 8 heteroatoms. The van der Waals surface area contributed by atoms with Crippen molar-refractivity contribution in [3.63, 3.8) is 0 Å². The number of alkyl halides is 3. The molecule has 0 unspecified atom stereocenters. The first kappa shape index (κ1) is 20.0. The molecule has 2 N–H and O–H groups in total.